The van der Waals surface area contributed by atoms with E-state index < -0.39 is 5.56 Å². The largest absolute Gasteiger partial charge is 0.467 e. The molecule has 2 rings (SSSR count). The number of methoxy groups -OCH3 is 1. The van der Waals surface area contributed by atoms with Crippen molar-refractivity contribution in [3.8, 4) is 0 Å². The summed E-state index contributed by atoms with van der Waals surface area (Å²) in [5, 5.41) is 2.63. The highest BCUT2D eigenvalue weighted by Crippen LogP contribution is 2.01. The molecular formula is C13H16N4O4. The van der Waals surface area contributed by atoms with Crippen molar-refractivity contribution in [3.05, 3.63) is 46.3 Å². The van der Waals surface area contributed by atoms with Crippen LogP contribution in [0.1, 0.15) is 11.5 Å². The maximum Gasteiger partial charge on any atom is 0.255 e. The molecule has 8 heteroatoms. The predicted octanol–water partition coefficient (Wildman–Crippen LogP) is -0.119. The Kier molecular flexibility index (Phi) is 4.72. The van der Waals surface area contributed by atoms with Crippen LogP contribution in [0.4, 0.5) is 5.95 Å². The van der Waals surface area contributed by atoms with Crippen LogP contribution in [-0.2, 0) is 29.2 Å². The molecule has 0 aliphatic heterocycles. The summed E-state index contributed by atoms with van der Waals surface area (Å²) in [5.41, 5.74) is 5.71. The summed E-state index contributed by atoms with van der Waals surface area (Å²) >= 11 is 0. The lowest BCUT2D eigenvalue weighted by Crippen LogP contribution is -2.33. The Morgan fingerprint density at radius 2 is 2.38 bits per heavy atom. The lowest BCUT2D eigenvalue weighted by Gasteiger charge is -2.10. The van der Waals surface area contributed by atoms with E-state index in [2.05, 4.69) is 10.3 Å². The van der Waals surface area contributed by atoms with Crippen LogP contribution in [0.5, 0.6) is 0 Å². The number of hydrogen-bond donors (Lipinski definition) is 2. The van der Waals surface area contributed by atoms with Gasteiger partial charge in [-0.15, -0.1) is 0 Å². The number of nitrogen functional groups attached to an aromatic ring is 1. The highest BCUT2D eigenvalue weighted by molar-refractivity contribution is 5.75. The van der Waals surface area contributed by atoms with Gasteiger partial charge in [0.1, 0.15) is 12.3 Å². The SMILES string of the molecule is COCc1cc(=O)n(CC(=O)NCc2ccco2)c(N)n1. The Morgan fingerprint density at radius 3 is 3.00 bits per heavy atom. The van der Waals surface area contributed by atoms with Gasteiger partial charge in [0.25, 0.3) is 5.56 Å². The zero-order valence-electron chi connectivity index (χ0n) is 11.5. The standard InChI is InChI=1S/C13H16N4O4/c1-20-8-9-5-12(19)17(13(14)16-9)7-11(18)15-6-10-3-2-4-21-10/h2-5H,6-8H2,1H3,(H2,14,16)(H,15,18). The number of furan rings is 1. The Balaban J connectivity index is 2.01. The van der Waals surface area contributed by atoms with Crippen LogP contribution in [0, 0.1) is 0 Å². The Hall–Kier alpha value is -2.61. The molecule has 0 aliphatic rings. The minimum Gasteiger partial charge on any atom is -0.467 e. The van der Waals surface area contributed by atoms with Crippen LogP contribution in [0.3, 0.4) is 0 Å². The van der Waals surface area contributed by atoms with E-state index in [4.69, 9.17) is 14.9 Å². The molecule has 0 aromatic carbocycles. The van der Waals surface area contributed by atoms with Gasteiger partial charge in [0.05, 0.1) is 25.1 Å². The van der Waals surface area contributed by atoms with E-state index in [1.165, 1.54) is 19.4 Å². The summed E-state index contributed by atoms with van der Waals surface area (Å²) in [7, 11) is 1.49. The van der Waals surface area contributed by atoms with E-state index >= 15 is 0 Å². The molecule has 0 unspecified atom stereocenters. The fourth-order valence-electron chi connectivity index (χ4n) is 1.75. The Labute approximate surface area is 120 Å². The minimum absolute atomic E-state index is 0.0253. The first-order chi connectivity index (χ1) is 10.1. The second-order valence-corrected chi connectivity index (χ2v) is 4.32. The average molecular weight is 292 g/mol. The van der Waals surface area contributed by atoms with Gasteiger partial charge in [-0.3, -0.25) is 14.2 Å². The number of nitrogens with zero attached hydrogens (tertiary/aromatic N) is 2. The summed E-state index contributed by atoms with van der Waals surface area (Å²) < 4.78 is 11.1. The smallest absolute Gasteiger partial charge is 0.255 e. The highest BCUT2D eigenvalue weighted by Gasteiger charge is 2.10. The van der Waals surface area contributed by atoms with E-state index in [1.54, 1.807) is 12.1 Å². The number of nitrogens with two attached hydrogens (primary N) is 1. The van der Waals surface area contributed by atoms with Crippen molar-refractivity contribution in [2.24, 2.45) is 0 Å². The number of nitrogens with one attached hydrogen (secondary N) is 1. The Morgan fingerprint density at radius 1 is 1.57 bits per heavy atom. The summed E-state index contributed by atoms with van der Waals surface area (Å²) in [6.07, 6.45) is 1.52. The van der Waals surface area contributed by atoms with Crippen molar-refractivity contribution in [3.63, 3.8) is 0 Å². The topological polar surface area (TPSA) is 112 Å². The minimum atomic E-state index is -0.400. The van der Waals surface area contributed by atoms with Crippen molar-refractivity contribution in [1.29, 1.82) is 0 Å². The first-order valence-electron chi connectivity index (χ1n) is 6.24. The number of carbonyl (C=O) groups is 1. The monoisotopic (exact) mass is 292 g/mol. The number of anilines is 1. The predicted molar refractivity (Wildman–Crippen MR) is 74.2 cm³/mol. The molecule has 0 bridgehead atoms. The number of amides is 1. The molecule has 0 saturated heterocycles. The highest BCUT2D eigenvalue weighted by atomic mass is 16.5. The quantitative estimate of drug-likeness (QED) is 0.767. The molecule has 8 nitrogen and oxygen atoms in total. The van der Waals surface area contributed by atoms with E-state index in [-0.39, 0.29) is 31.6 Å². The maximum atomic E-state index is 11.9. The molecule has 2 aromatic heterocycles. The third kappa shape index (κ3) is 3.93. The molecule has 0 spiro atoms. The number of aromatic nitrogens is 2. The fourth-order valence-corrected chi connectivity index (χ4v) is 1.75. The van der Waals surface area contributed by atoms with Gasteiger partial charge in [0.15, 0.2) is 0 Å². The first-order valence-corrected chi connectivity index (χ1v) is 6.24. The summed E-state index contributed by atoms with van der Waals surface area (Å²) in [4.78, 5) is 27.7. The van der Waals surface area contributed by atoms with Gasteiger partial charge in [0.2, 0.25) is 11.9 Å². The summed E-state index contributed by atoms with van der Waals surface area (Å²) in [6, 6.07) is 4.75. The molecule has 21 heavy (non-hydrogen) atoms. The van der Waals surface area contributed by atoms with Crippen LogP contribution in [0.2, 0.25) is 0 Å². The molecule has 2 heterocycles. The number of ether oxygens (including phenoxy) is 1. The van der Waals surface area contributed by atoms with E-state index in [0.29, 0.717) is 11.5 Å². The van der Waals surface area contributed by atoms with Crippen molar-refractivity contribution < 1.29 is 13.9 Å². The van der Waals surface area contributed by atoms with Gasteiger partial charge < -0.3 is 20.2 Å². The van der Waals surface area contributed by atoms with Gasteiger partial charge in [-0.1, -0.05) is 0 Å². The maximum absolute atomic E-state index is 11.9. The normalized spacial score (nSPS) is 10.5. The second kappa shape index (κ2) is 6.71. The fraction of sp³-hybridized carbons (Fsp3) is 0.308. The van der Waals surface area contributed by atoms with E-state index in [0.717, 1.165) is 4.57 Å². The Bertz CT molecular complexity index is 663. The van der Waals surface area contributed by atoms with Crippen LogP contribution in [0.15, 0.2) is 33.7 Å². The molecule has 0 atom stereocenters. The third-order valence-electron chi connectivity index (χ3n) is 2.72. The molecule has 0 fully saturated rings. The zero-order valence-corrected chi connectivity index (χ0v) is 11.5. The van der Waals surface area contributed by atoms with Gasteiger partial charge in [-0.25, -0.2) is 4.98 Å². The van der Waals surface area contributed by atoms with Crippen molar-refractivity contribution in [2.75, 3.05) is 12.8 Å². The second-order valence-electron chi connectivity index (χ2n) is 4.32. The van der Waals surface area contributed by atoms with Crippen LogP contribution < -0.4 is 16.6 Å². The molecule has 2 aromatic rings. The van der Waals surface area contributed by atoms with Crippen molar-refractivity contribution >= 4 is 11.9 Å². The third-order valence-corrected chi connectivity index (χ3v) is 2.72. The molecule has 0 aliphatic carbocycles. The lowest BCUT2D eigenvalue weighted by molar-refractivity contribution is -0.121. The van der Waals surface area contributed by atoms with Crippen LogP contribution in [-0.4, -0.2) is 22.6 Å². The van der Waals surface area contributed by atoms with E-state index in [9.17, 15) is 9.59 Å². The van der Waals surface area contributed by atoms with Crippen molar-refractivity contribution in [2.45, 2.75) is 19.7 Å². The van der Waals surface area contributed by atoms with Crippen LogP contribution >= 0.6 is 0 Å². The number of carbonyl (C=O) groups excluding carboxylic acids is 1. The lowest BCUT2D eigenvalue weighted by atomic mass is 10.4. The van der Waals surface area contributed by atoms with Crippen LogP contribution in [0.25, 0.3) is 0 Å². The molecule has 1 amide bonds. The molecule has 3 N–H and O–H groups in total. The summed E-state index contributed by atoms with van der Waals surface area (Å²) in [5.74, 6) is 0.237. The van der Waals surface area contributed by atoms with Gasteiger partial charge in [-0.2, -0.15) is 0 Å². The molecule has 0 radical (unpaired) electrons. The molecule has 112 valence electrons. The number of hydrogen-bond acceptors (Lipinski definition) is 6. The van der Waals surface area contributed by atoms with Gasteiger partial charge in [0, 0.05) is 13.2 Å². The van der Waals surface area contributed by atoms with Gasteiger partial charge >= 0.3 is 0 Å². The summed E-state index contributed by atoms with van der Waals surface area (Å²) in [6.45, 7) is 0.228. The average Bonchev–Trinajstić information content (AvgIpc) is 2.94. The molecular weight excluding hydrogens is 276 g/mol. The zero-order chi connectivity index (χ0) is 15.2. The van der Waals surface area contributed by atoms with Crippen molar-refractivity contribution in [1.82, 2.24) is 14.9 Å². The van der Waals surface area contributed by atoms with E-state index in [1.807, 2.05) is 0 Å². The van der Waals surface area contributed by atoms with Gasteiger partial charge in [-0.05, 0) is 12.1 Å². The number of rotatable bonds is 6. The molecule has 0 saturated carbocycles. The first kappa shape index (κ1) is 14.8.